The Hall–Kier alpha value is -3.03. The average Bonchev–Trinajstić information content (AvgIpc) is 2.36. The monoisotopic (exact) mass is 264 g/mol. The third kappa shape index (κ3) is 2.80. The number of non-ortho nitro benzene ring substituents is 1. The standard InChI is InChI=1S/C11H8N2O6/c1-3-8-9(11(14)19-4-2)5-7(12(15)16)6-10(8)13(17)18/h3-6H,1-2H2. The van der Waals surface area contributed by atoms with E-state index in [1.807, 2.05) is 0 Å². The highest BCUT2D eigenvalue weighted by Gasteiger charge is 2.26. The quantitative estimate of drug-likeness (QED) is 0.349. The normalized spacial score (nSPS) is 9.47. The predicted octanol–water partition coefficient (Wildman–Crippen LogP) is 2.45. The van der Waals surface area contributed by atoms with E-state index in [1.54, 1.807) is 0 Å². The Morgan fingerprint density at radius 3 is 2.26 bits per heavy atom. The van der Waals surface area contributed by atoms with Crippen LogP contribution in [0.4, 0.5) is 11.4 Å². The molecule has 0 aliphatic heterocycles. The van der Waals surface area contributed by atoms with Gasteiger partial charge in [0.25, 0.3) is 11.4 Å². The van der Waals surface area contributed by atoms with Crippen LogP contribution in [0.2, 0.25) is 0 Å². The summed E-state index contributed by atoms with van der Waals surface area (Å²) in [5.74, 6) is -0.989. The molecule has 0 aromatic heterocycles. The van der Waals surface area contributed by atoms with Crippen molar-refractivity contribution in [3.05, 3.63) is 62.9 Å². The lowest BCUT2D eigenvalue weighted by Gasteiger charge is -2.05. The van der Waals surface area contributed by atoms with E-state index in [1.165, 1.54) is 0 Å². The van der Waals surface area contributed by atoms with Crippen LogP contribution in [0.25, 0.3) is 6.08 Å². The first-order chi connectivity index (χ1) is 8.92. The van der Waals surface area contributed by atoms with Gasteiger partial charge in [-0.2, -0.15) is 0 Å². The maximum absolute atomic E-state index is 11.6. The summed E-state index contributed by atoms with van der Waals surface area (Å²) in [7, 11) is 0. The van der Waals surface area contributed by atoms with Crippen molar-refractivity contribution in [1.82, 2.24) is 0 Å². The molecule has 0 atom stereocenters. The number of esters is 1. The number of ether oxygens (including phenoxy) is 1. The first-order valence-corrected chi connectivity index (χ1v) is 4.83. The van der Waals surface area contributed by atoms with Crippen molar-refractivity contribution in [3.8, 4) is 0 Å². The summed E-state index contributed by atoms with van der Waals surface area (Å²) in [6, 6.07) is 1.64. The Morgan fingerprint density at radius 2 is 1.84 bits per heavy atom. The number of carbonyl (C=O) groups is 1. The topological polar surface area (TPSA) is 113 Å². The summed E-state index contributed by atoms with van der Waals surface area (Å²) in [6.07, 6.45) is 1.88. The van der Waals surface area contributed by atoms with Crippen molar-refractivity contribution in [2.75, 3.05) is 0 Å². The van der Waals surface area contributed by atoms with Gasteiger partial charge < -0.3 is 4.74 Å². The summed E-state index contributed by atoms with van der Waals surface area (Å²) >= 11 is 0. The molecule has 1 aromatic rings. The molecule has 0 N–H and O–H groups in total. The van der Waals surface area contributed by atoms with E-state index in [-0.39, 0.29) is 11.1 Å². The van der Waals surface area contributed by atoms with Crippen LogP contribution in [-0.2, 0) is 4.74 Å². The van der Waals surface area contributed by atoms with Gasteiger partial charge in [0, 0.05) is 6.07 Å². The summed E-state index contributed by atoms with van der Waals surface area (Å²) in [5.41, 5.74) is -1.66. The zero-order chi connectivity index (χ0) is 14.6. The Labute approximate surface area is 106 Å². The minimum atomic E-state index is -0.989. The first-order valence-electron chi connectivity index (χ1n) is 4.83. The Balaban J connectivity index is 3.62. The van der Waals surface area contributed by atoms with E-state index in [4.69, 9.17) is 0 Å². The minimum Gasteiger partial charge on any atom is -0.432 e. The van der Waals surface area contributed by atoms with E-state index in [2.05, 4.69) is 17.9 Å². The van der Waals surface area contributed by atoms with Gasteiger partial charge in [0.15, 0.2) is 0 Å². The van der Waals surface area contributed by atoms with Crippen LogP contribution < -0.4 is 0 Å². The molecular weight excluding hydrogens is 256 g/mol. The Morgan fingerprint density at radius 1 is 1.21 bits per heavy atom. The average molecular weight is 264 g/mol. The Kier molecular flexibility index (Phi) is 4.09. The maximum atomic E-state index is 11.6. The van der Waals surface area contributed by atoms with Crippen LogP contribution in [0.15, 0.2) is 31.6 Å². The summed E-state index contributed by atoms with van der Waals surface area (Å²) < 4.78 is 4.47. The van der Waals surface area contributed by atoms with Crippen molar-refractivity contribution in [2.24, 2.45) is 0 Å². The summed E-state index contributed by atoms with van der Waals surface area (Å²) in [4.78, 5) is 31.5. The van der Waals surface area contributed by atoms with Crippen molar-refractivity contribution in [3.63, 3.8) is 0 Å². The van der Waals surface area contributed by atoms with Crippen LogP contribution in [0.5, 0.6) is 0 Å². The zero-order valence-electron chi connectivity index (χ0n) is 9.57. The highest BCUT2D eigenvalue weighted by Crippen LogP contribution is 2.30. The fraction of sp³-hybridized carbons (Fsp3) is 0. The molecule has 1 rings (SSSR count). The Bertz CT molecular complexity index is 593. The second kappa shape index (κ2) is 5.54. The number of nitro benzene ring substituents is 2. The van der Waals surface area contributed by atoms with Gasteiger partial charge in [0.05, 0.1) is 33.3 Å². The van der Waals surface area contributed by atoms with Gasteiger partial charge in [-0.25, -0.2) is 4.79 Å². The second-order valence-corrected chi connectivity index (χ2v) is 3.22. The summed E-state index contributed by atoms with van der Waals surface area (Å²) in [5, 5.41) is 21.5. The smallest absolute Gasteiger partial charge is 0.344 e. The largest absolute Gasteiger partial charge is 0.432 e. The van der Waals surface area contributed by atoms with Gasteiger partial charge in [0.2, 0.25) is 0 Å². The molecule has 0 fully saturated rings. The third-order valence-corrected chi connectivity index (χ3v) is 2.16. The van der Waals surface area contributed by atoms with E-state index in [0.29, 0.717) is 0 Å². The van der Waals surface area contributed by atoms with Crippen LogP contribution in [0, 0.1) is 20.2 Å². The van der Waals surface area contributed by atoms with E-state index < -0.39 is 27.2 Å². The van der Waals surface area contributed by atoms with Crippen molar-refractivity contribution >= 4 is 23.4 Å². The molecule has 0 aliphatic carbocycles. The molecule has 0 bridgehead atoms. The number of nitro groups is 2. The SMILES string of the molecule is C=COC(=O)c1cc([N+](=O)[O-])cc([N+](=O)[O-])c1C=C. The zero-order valence-corrected chi connectivity index (χ0v) is 9.57. The van der Waals surface area contributed by atoms with Crippen LogP contribution in [0.3, 0.4) is 0 Å². The van der Waals surface area contributed by atoms with Crippen LogP contribution >= 0.6 is 0 Å². The van der Waals surface area contributed by atoms with Gasteiger partial charge in [-0.3, -0.25) is 20.2 Å². The third-order valence-electron chi connectivity index (χ3n) is 2.16. The van der Waals surface area contributed by atoms with Crippen molar-refractivity contribution in [1.29, 1.82) is 0 Å². The van der Waals surface area contributed by atoms with Crippen LogP contribution in [-0.4, -0.2) is 15.8 Å². The second-order valence-electron chi connectivity index (χ2n) is 3.22. The lowest BCUT2D eigenvalue weighted by molar-refractivity contribution is -0.394. The van der Waals surface area contributed by atoms with Gasteiger partial charge in [-0.15, -0.1) is 0 Å². The van der Waals surface area contributed by atoms with Gasteiger partial charge in [-0.05, 0) is 0 Å². The fourth-order valence-electron chi connectivity index (χ4n) is 1.40. The molecule has 0 spiro atoms. The lowest BCUT2D eigenvalue weighted by atomic mass is 10.0. The highest BCUT2D eigenvalue weighted by atomic mass is 16.6. The number of carbonyl (C=O) groups excluding carboxylic acids is 1. The summed E-state index contributed by atoms with van der Waals surface area (Å²) in [6.45, 7) is 6.50. The molecule has 98 valence electrons. The molecule has 0 saturated carbocycles. The molecule has 0 amide bonds. The molecule has 0 saturated heterocycles. The number of benzene rings is 1. The number of hydrogen-bond acceptors (Lipinski definition) is 6. The molecular formula is C11H8N2O6. The lowest BCUT2D eigenvalue weighted by Crippen LogP contribution is -2.07. The first kappa shape index (κ1) is 14.0. The number of nitrogens with zero attached hydrogens (tertiary/aromatic N) is 2. The van der Waals surface area contributed by atoms with E-state index in [0.717, 1.165) is 24.5 Å². The fourth-order valence-corrected chi connectivity index (χ4v) is 1.40. The molecule has 19 heavy (non-hydrogen) atoms. The molecule has 0 aliphatic rings. The van der Waals surface area contributed by atoms with Gasteiger partial charge in [-0.1, -0.05) is 19.2 Å². The number of hydrogen-bond donors (Lipinski definition) is 0. The minimum absolute atomic E-state index is 0.151. The van der Waals surface area contributed by atoms with Gasteiger partial charge in [0.1, 0.15) is 0 Å². The van der Waals surface area contributed by atoms with E-state index >= 15 is 0 Å². The maximum Gasteiger partial charge on any atom is 0.344 e. The van der Waals surface area contributed by atoms with Crippen molar-refractivity contribution in [2.45, 2.75) is 0 Å². The highest BCUT2D eigenvalue weighted by molar-refractivity contribution is 5.96. The van der Waals surface area contributed by atoms with Crippen molar-refractivity contribution < 1.29 is 19.4 Å². The number of rotatable bonds is 5. The van der Waals surface area contributed by atoms with Crippen LogP contribution in [0.1, 0.15) is 15.9 Å². The van der Waals surface area contributed by atoms with Gasteiger partial charge >= 0.3 is 5.97 Å². The van der Waals surface area contributed by atoms with E-state index in [9.17, 15) is 25.0 Å². The molecule has 8 heteroatoms. The molecule has 8 nitrogen and oxygen atoms in total. The molecule has 1 aromatic carbocycles. The molecule has 0 radical (unpaired) electrons. The molecule has 0 unspecified atom stereocenters. The molecule has 0 heterocycles. The predicted molar refractivity (Wildman–Crippen MR) is 65.5 cm³/mol.